The highest BCUT2D eigenvalue weighted by Gasteiger charge is 2.32. The first kappa shape index (κ1) is 20.5. The zero-order chi connectivity index (χ0) is 18.2. The lowest BCUT2D eigenvalue weighted by Gasteiger charge is -2.28. The van der Waals surface area contributed by atoms with Gasteiger partial charge in [0.25, 0.3) is 5.91 Å². The largest absolute Gasteiger partial charge is 0.453 e. The summed E-state index contributed by atoms with van der Waals surface area (Å²) in [5, 5.41) is 11.9. The second-order valence-corrected chi connectivity index (χ2v) is 7.49. The van der Waals surface area contributed by atoms with E-state index < -0.39 is 17.6 Å². The summed E-state index contributed by atoms with van der Waals surface area (Å²) in [6, 6.07) is 2.12. The van der Waals surface area contributed by atoms with E-state index in [-0.39, 0.29) is 11.9 Å². The molecule has 1 aliphatic rings. The number of hydrogen-bond donors (Lipinski definition) is 1. The Morgan fingerprint density at radius 3 is 2.42 bits per heavy atom. The first-order valence-corrected chi connectivity index (χ1v) is 9.21. The summed E-state index contributed by atoms with van der Waals surface area (Å²) in [7, 11) is 0. The highest BCUT2D eigenvalue weighted by Crippen LogP contribution is 2.27. The standard InChI is InChI=1S/C19H32N2O3/c1-14(2)19(4,13-20)21-18(23)15(3)24-17(22)12-8-11-16-9-6-5-7-10-16/h14-16H,5-12H2,1-4H3,(H,21,23). The number of nitrogens with one attached hydrogen (secondary N) is 1. The Morgan fingerprint density at radius 1 is 1.25 bits per heavy atom. The summed E-state index contributed by atoms with van der Waals surface area (Å²) >= 11 is 0. The summed E-state index contributed by atoms with van der Waals surface area (Å²) in [5.74, 6) is -0.0513. The quantitative estimate of drug-likeness (QED) is 0.685. The van der Waals surface area contributed by atoms with Crippen molar-refractivity contribution in [3.8, 4) is 6.07 Å². The molecule has 2 atom stereocenters. The molecule has 0 heterocycles. The molecule has 2 unspecified atom stereocenters. The second kappa shape index (κ2) is 9.66. The van der Waals surface area contributed by atoms with Gasteiger partial charge in [-0.1, -0.05) is 46.0 Å². The minimum atomic E-state index is -0.960. The molecule has 0 aromatic heterocycles. The van der Waals surface area contributed by atoms with E-state index in [1.807, 2.05) is 13.8 Å². The van der Waals surface area contributed by atoms with E-state index in [0.717, 1.165) is 18.8 Å². The predicted molar refractivity (Wildman–Crippen MR) is 93.0 cm³/mol. The number of nitrogens with zero attached hydrogens (tertiary/aromatic N) is 1. The van der Waals surface area contributed by atoms with Crippen LogP contribution >= 0.6 is 0 Å². The molecule has 1 amide bonds. The van der Waals surface area contributed by atoms with Crippen molar-refractivity contribution in [2.45, 2.75) is 90.7 Å². The average molecular weight is 336 g/mol. The van der Waals surface area contributed by atoms with Crippen LogP contribution in [0.1, 0.15) is 79.1 Å². The number of rotatable bonds is 8. The van der Waals surface area contributed by atoms with Gasteiger partial charge in [-0.3, -0.25) is 9.59 Å². The number of hydrogen-bond acceptors (Lipinski definition) is 4. The maximum atomic E-state index is 12.1. The smallest absolute Gasteiger partial charge is 0.306 e. The van der Waals surface area contributed by atoms with Crippen LogP contribution in [-0.2, 0) is 14.3 Å². The van der Waals surface area contributed by atoms with Gasteiger partial charge in [-0.25, -0.2) is 0 Å². The van der Waals surface area contributed by atoms with Gasteiger partial charge in [0.05, 0.1) is 6.07 Å². The summed E-state index contributed by atoms with van der Waals surface area (Å²) < 4.78 is 5.21. The molecule has 0 aromatic carbocycles. The third-order valence-corrected chi connectivity index (χ3v) is 5.17. The van der Waals surface area contributed by atoms with Crippen LogP contribution in [0.4, 0.5) is 0 Å². The number of nitriles is 1. The SMILES string of the molecule is CC(OC(=O)CCCC1CCCCC1)C(=O)NC(C)(C#N)C(C)C. The van der Waals surface area contributed by atoms with Gasteiger partial charge < -0.3 is 10.1 Å². The molecule has 0 aromatic rings. The van der Waals surface area contributed by atoms with E-state index in [1.165, 1.54) is 32.1 Å². The maximum Gasteiger partial charge on any atom is 0.306 e. The van der Waals surface area contributed by atoms with Crippen LogP contribution in [0.15, 0.2) is 0 Å². The van der Waals surface area contributed by atoms with Gasteiger partial charge in [-0.15, -0.1) is 0 Å². The Bertz CT molecular complexity index is 464. The monoisotopic (exact) mass is 336 g/mol. The molecule has 0 radical (unpaired) electrons. The van der Waals surface area contributed by atoms with Crippen molar-refractivity contribution in [3.05, 3.63) is 0 Å². The van der Waals surface area contributed by atoms with E-state index >= 15 is 0 Å². The van der Waals surface area contributed by atoms with Crippen LogP contribution in [0, 0.1) is 23.2 Å². The van der Waals surface area contributed by atoms with Crippen molar-refractivity contribution in [2.75, 3.05) is 0 Å². The molecular weight excluding hydrogens is 304 g/mol. The fraction of sp³-hybridized carbons (Fsp3) is 0.842. The van der Waals surface area contributed by atoms with Crippen LogP contribution in [0.2, 0.25) is 0 Å². The lowest BCUT2D eigenvalue weighted by atomic mass is 9.86. The topological polar surface area (TPSA) is 79.2 Å². The van der Waals surface area contributed by atoms with Crippen molar-refractivity contribution < 1.29 is 14.3 Å². The molecule has 5 heteroatoms. The van der Waals surface area contributed by atoms with Crippen molar-refractivity contribution in [3.63, 3.8) is 0 Å². The molecule has 5 nitrogen and oxygen atoms in total. The Hall–Kier alpha value is -1.57. The van der Waals surface area contributed by atoms with Crippen LogP contribution < -0.4 is 5.32 Å². The summed E-state index contributed by atoms with van der Waals surface area (Å²) in [6.45, 7) is 6.96. The number of carbonyl (C=O) groups excluding carboxylic acids is 2. The lowest BCUT2D eigenvalue weighted by molar-refractivity contribution is -0.155. The third kappa shape index (κ3) is 6.51. The fourth-order valence-electron chi connectivity index (χ4n) is 2.98. The zero-order valence-corrected chi connectivity index (χ0v) is 15.6. The summed E-state index contributed by atoms with van der Waals surface area (Å²) in [4.78, 5) is 24.0. The molecule has 0 spiro atoms. The lowest BCUT2D eigenvalue weighted by Crippen LogP contribution is -2.52. The van der Waals surface area contributed by atoms with Crippen molar-refractivity contribution in [1.29, 1.82) is 5.26 Å². The molecule has 0 aliphatic heterocycles. The van der Waals surface area contributed by atoms with E-state index in [9.17, 15) is 14.9 Å². The average Bonchev–Trinajstić information content (AvgIpc) is 2.55. The molecule has 0 bridgehead atoms. The molecule has 1 N–H and O–H groups in total. The van der Waals surface area contributed by atoms with E-state index in [4.69, 9.17) is 4.74 Å². The highest BCUT2D eigenvalue weighted by atomic mass is 16.5. The normalized spacial score (nSPS) is 19.2. The molecule has 136 valence electrons. The first-order valence-electron chi connectivity index (χ1n) is 9.21. The summed E-state index contributed by atoms with van der Waals surface area (Å²) in [5.41, 5.74) is -0.960. The minimum absolute atomic E-state index is 0.0372. The Kier molecular flexibility index (Phi) is 8.24. The Morgan fingerprint density at radius 2 is 1.88 bits per heavy atom. The number of amides is 1. The van der Waals surface area contributed by atoms with Gasteiger partial charge in [0.1, 0.15) is 5.54 Å². The number of ether oxygens (including phenoxy) is 1. The fourth-order valence-corrected chi connectivity index (χ4v) is 2.98. The van der Waals surface area contributed by atoms with Crippen LogP contribution in [-0.4, -0.2) is 23.5 Å². The van der Waals surface area contributed by atoms with Gasteiger partial charge in [0.15, 0.2) is 6.10 Å². The number of esters is 1. The third-order valence-electron chi connectivity index (χ3n) is 5.17. The maximum absolute atomic E-state index is 12.1. The number of carbonyl (C=O) groups is 2. The highest BCUT2D eigenvalue weighted by molar-refractivity contribution is 5.84. The van der Waals surface area contributed by atoms with Crippen molar-refractivity contribution in [1.82, 2.24) is 5.32 Å². The van der Waals surface area contributed by atoms with E-state index in [1.54, 1.807) is 13.8 Å². The molecule has 1 rings (SSSR count). The van der Waals surface area contributed by atoms with Gasteiger partial charge >= 0.3 is 5.97 Å². The molecule has 1 aliphatic carbocycles. The minimum Gasteiger partial charge on any atom is -0.453 e. The Labute approximate surface area is 146 Å². The predicted octanol–water partition coefficient (Wildman–Crippen LogP) is 3.72. The molecule has 1 fully saturated rings. The molecule has 24 heavy (non-hydrogen) atoms. The molecule has 1 saturated carbocycles. The van der Waals surface area contributed by atoms with Crippen molar-refractivity contribution >= 4 is 11.9 Å². The van der Waals surface area contributed by atoms with E-state index in [0.29, 0.717) is 6.42 Å². The van der Waals surface area contributed by atoms with Gasteiger partial charge in [-0.05, 0) is 38.5 Å². The van der Waals surface area contributed by atoms with Gasteiger partial charge in [0.2, 0.25) is 0 Å². The van der Waals surface area contributed by atoms with Crippen LogP contribution in [0.5, 0.6) is 0 Å². The van der Waals surface area contributed by atoms with Gasteiger partial charge in [0, 0.05) is 6.42 Å². The van der Waals surface area contributed by atoms with Crippen molar-refractivity contribution in [2.24, 2.45) is 11.8 Å². The molecule has 0 saturated heterocycles. The van der Waals surface area contributed by atoms with Gasteiger partial charge in [-0.2, -0.15) is 5.26 Å². The second-order valence-electron chi connectivity index (χ2n) is 7.49. The summed E-state index contributed by atoms with van der Waals surface area (Å²) in [6.07, 6.45) is 7.86. The zero-order valence-electron chi connectivity index (χ0n) is 15.6. The van der Waals surface area contributed by atoms with Crippen LogP contribution in [0.25, 0.3) is 0 Å². The van der Waals surface area contributed by atoms with Crippen LogP contribution in [0.3, 0.4) is 0 Å². The first-order chi connectivity index (χ1) is 11.3. The molecular formula is C19H32N2O3. The Balaban J connectivity index is 2.32. The van der Waals surface area contributed by atoms with E-state index in [2.05, 4.69) is 11.4 Å².